The number of imide groups is 1. The van der Waals surface area contributed by atoms with E-state index in [0.29, 0.717) is 61.9 Å². The lowest BCUT2D eigenvalue weighted by Crippen LogP contribution is -2.60. The molecule has 0 saturated carbocycles. The number of anilines is 1. The van der Waals surface area contributed by atoms with Crippen LogP contribution in [0.15, 0.2) is 66.7 Å². The Bertz CT molecular complexity index is 2880. The Labute approximate surface area is 554 Å². The molecule has 0 aliphatic carbocycles. The number of aliphatic hydroxyl groups is 1. The number of nitrogens with one attached hydrogen (secondary N) is 6. The smallest absolute Gasteiger partial charge is 0.410 e. The van der Waals surface area contributed by atoms with E-state index in [9.17, 15) is 57.8 Å². The molecule has 9 N–H and O–H groups in total. The SMILES string of the molecule is CC[C@H](C)[C@@H]([C@@H](CC(=O)N1CCCC1[C@H](OC)[C@@H](C)C(=O)N[C@H](C)[C@@H](O)c1ccccc1)OC)N(C)C(=O)[C@@H](NC(=O)[C@H](C(C)C)N(C)C(=O)OCc1ccc(NC(=O)[C@H](CCCNC(N)=O)NC(=O)[C@H](NC(=O)CCCCCN2C(=O)C=CC2=O)C(C)C)cc1)C(C)C. The maximum atomic E-state index is 14.8. The number of ether oxygens (including phenoxy) is 3. The summed E-state index contributed by atoms with van der Waals surface area (Å²) in [6, 6.07) is 8.74. The second-order valence-electron chi connectivity index (χ2n) is 25.8. The second kappa shape index (κ2) is 38.4. The van der Waals surface area contributed by atoms with Gasteiger partial charge in [-0.2, -0.15) is 0 Å². The number of amides is 12. The van der Waals surface area contributed by atoms with E-state index < -0.39 is 114 Å². The molecule has 1 saturated heterocycles. The zero-order valence-electron chi connectivity index (χ0n) is 57.4. The van der Waals surface area contributed by atoms with Crippen molar-refractivity contribution < 1.29 is 72.1 Å². The Morgan fingerprint density at radius 1 is 0.713 bits per heavy atom. The molecule has 522 valence electrons. The molecule has 2 heterocycles. The van der Waals surface area contributed by atoms with Gasteiger partial charge in [-0.3, -0.25) is 53.0 Å². The molecule has 26 heteroatoms. The van der Waals surface area contributed by atoms with Crippen LogP contribution in [0, 0.1) is 29.6 Å². The summed E-state index contributed by atoms with van der Waals surface area (Å²) in [5.74, 6) is -6.02. The van der Waals surface area contributed by atoms with E-state index in [1.807, 2.05) is 32.0 Å². The number of unbranched alkanes of at least 4 members (excludes halogenated alkanes) is 2. The molecule has 2 aliphatic heterocycles. The van der Waals surface area contributed by atoms with Gasteiger partial charge in [-0.05, 0) is 92.4 Å². The van der Waals surface area contributed by atoms with Crippen molar-refractivity contribution in [1.29, 1.82) is 0 Å². The summed E-state index contributed by atoms with van der Waals surface area (Å²) in [4.78, 5) is 152. The fraction of sp³-hybridized carbons (Fsp3) is 0.632. The summed E-state index contributed by atoms with van der Waals surface area (Å²) in [6.45, 7) is 18.6. The molecular weight excluding hydrogens is 1210 g/mol. The first-order valence-corrected chi connectivity index (χ1v) is 32.9. The largest absolute Gasteiger partial charge is 0.445 e. The van der Waals surface area contributed by atoms with Crippen molar-refractivity contribution in [3.63, 3.8) is 0 Å². The molecule has 4 rings (SSSR count). The fourth-order valence-electron chi connectivity index (χ4n) is 12.1. The van der Waals surface area contributed by atoms with Crippen LogP contribution in [0.5, 0.6) is 0 Å². The molecular formula is C68H105N11O15. The normalized spacial score (nSPS) is 17.4. The third-order valence-corrected chi connectivity index (χ3v) is 17.7. The highest BCUT2D eigenvalue weighted by Gasteiger charge is 2.44. The van der Waals surface area contributed by atoms with Gasteiger partial charge < -0.3 is 66.8 Å². The summed E-state index contributed by atoms with van der Waals surface area (Å²) in [5, 5.41) is 27.6. The van der Waals surface area contributed by atoms with Gasteiger partial charge in [0.2, 0.25) is 41.4 Å². The molecule has 94 heavy (non-hydrogen) atoms. The number of nitrogens with two attached hydrogens (primary N) is 1. The van der Waals surface area contributed by atoms with Gasteiger partial charge in [0.15, 0.2) is 0 Å². The van der Waals surface area contributed by atoms with Gasteiger partial charge in [-0.15, -0.1) is 0 Å². The number of carbonyl (C=O) groups excluding carboxylic acids is 11. The second-order valence-corrected chi connectivity index (χ2v) is 25.8. The third kappa shape index (κ3) is 22.9. The monoisotopic (exact) mass is 1320 g/mol. The highest BCUT2D eigenvalue weighted by Crippen LogP contribution is 2.31. The number of nitrogens with zero attached hydrogens (tertiary/aromatic N) is 4. The van der Waals surface area contributed by atoms with Gasteiger partial charge >= 0.3 is 12.1 Å². The van der Waals surface area contributed by atoms with Crippen LogP contribution in [-0.2, 0) is 64.0 Å². The average molecular weight is 1320 g/mol. The van der Waals surface area contributed by atoms with Crippen LogP contribution in [-0.4, -0.2) is 192 Å². The van der Waals surface area contributed by atoms with Crippen LogP contribution in [0.4, 0.5) is 15.3 Å². The van der Waals surface area contributed by atoms with Crippen LogP contribution < -0.4 is 37.6 Å². The minimum absolute atomic E-state index is 0.0841. The number of carbonyl (C=O) groups is 11. The number of methoxy groups -OCH3 is 2. The third-order valence-electron chi connectivity index (χ3n) is 17.7. The van der Waals surface area contributed by atoms with Crippen molar-refractivity contribution in [3.8, 4) is 0 Å². The first-order valence-electron chi connectivity index (χ1n) is 32.9. The summed E-state index contributed by atoms with van der Waals surface area (Å²) in [6.07, 6.45) is 2.94. The highest BCUT2D eigenvalue weighted by molar-refractivity contribution is 6.12. The van der Waals surface area contributed by atoms with Crippen LogP contribution in [0.25, 0.3) is 0 Å². The number of likely N-dealkylation sites (N-methyl/N-ethyl adjacent to an activating group) is 2. The summed E-state index contributed by atoms with van der Waals surface area (Å²) >= 11 is 0. The van der Waals surface area contributed by atoms with Crippen molar-refractivity contribution in [2.24, 2.45) is 35.3 Å². The molecule has 26 nitrogen and oxygen atoms in total. The molecule has 1 fully saturated rings. The van der Waals surface area contributed by atoms with E-state index in [1.54, 1.807) is 109 Å². The fourth-order valence-corrected chi connectivity index (χ4v) is 12.1. The van der Waals surface area contributed by atoms with Crippen molar-refractivity contribution in [3.05, 3.63) is 77.9 Å². The first-order chi connectivity index (χ1) is 44.5. The van der Waals surface area contributed by atoms with E-state index >= 15 is 0 Å². The molecule has 0 spiro atoms. The van der Waals surface area contributed by atoms with Crippen molar-refractivity contribution in [2.75, 3.05) is 53.3 Å². The van der Waals surface area contributed by atoms with Crippen LogP contribution in [0.3, 0.4) is 0 Å². The van der Waals surface area contributed by atoms with E-state index in [1.165, 1.54) is 38.3 Å². The molecule has 2 aromatic carbocycles. The van der Waals surface area contributed by atoms with Gasteiger partial charge in [-0.1, -0.05) is 118 Å². The Morgan fingerprint density at radius 3 is 1.93 bits per heavy atom. The van der Waals surface area contributed by atoms with Gasteiger partial charge in [0.25, 0.3) is 11.8 Å². The Kier molecular flexibility index (Phi) is 32.1. The van der Waals surface area contributed by atoms with Crippen molar-refractivity contribution in [1.82, 2.24) is 46.2 Å². The first kappa shape index (κ1) is 78.5. The number of benzene rings is 2. The number of hydrogen-bond donors (Lipinski definition) is 8. The molecule has 0 radical (unpaired) electrons. The summed E-state index contributed by atoms with van der Waals surface area (Å²) < 4.78 is 17.7. The standard InChI is InChI=1S/C68H105N11O15/c1-15-43(8)59(51(92-13)38-55(83)78-37-23-27-50(78)61(93-14)44(9)62(85)71-45(10)60(84)47-24-18-16-19-25-47)76(11)66(89)57(41(4)5)75-65(88)58(42(6)7)77(12)68(91)94-39-46-29-31-48(32-30-46)72-63(86)49(26-22-35-70-67(69)90)73-64(87)56(40(2)3)74-52(80)28-20-17-21-36-79-53(81)33-34-54(79)82/h16,18-19,24-25,29-34,40-45,49-51,56-61,84H,15,17,20-23,26-28,35-39H2,1-14H3,(H,71,85)(H,72,86)(H,73,87)(H,74,80)(H,75,88)(H3,69,70,90)/t43-,44+,45+,49-,50?,51+,56+,57-,58-,59-,60+,61+/m0/s1. The van der Waals surface area contributed by atoms with Crippen LogP contribution in [0.1, 0.15) is 151 Å². The molecule has 0 aromatic heterocycles. The van der Waals surface area contributed by atoms with E-state index in [4.69, 9.17) is 19.9 Å². The van der Waals surface area contributed by atoms with Gasteiger partial charge in [0.05, 0.1) is 48.8 Å². The maximum absolute atomic E-state index is 14.8. The molecule has 12 atom stereocenters. The zero-order chi connectivity index (χ0) is 70.1. The number of likely N-dealkylation sites (tertiary alicyclic amines) is 1. The minimum Gasteiger partial charge on any atom is -0.445 e. The summed E-state index contributed by atoms with van der Waals surface area (Å²) in [5.41, 5.74) is 6.77. The Balaban J connectivity index is 1.37. The highest BCUT2D eigenvalue weighted by atomic mass is 16.6. The predicted octanol–water partition coefficient (Wildman–Crippen LogP) is 5.08. The van der Waals surface area contributed by atoms with Crippen molar-refractivity contribution >= 4 is 71.0 Å². The molecule has 0 bridgehead atoms. The zero-order valence-corrected chi connectivity index (χ0v) is 57.4. The van der Waals surface area contributed by atoms with E-state index in [2.05, 4.69) is 31.9 Å². The number of aliphatic hydroxyl groups excluding tert-OH is 1. The molecule has 2 aromatic rings. The number of hydrogen-bond acceptors (Lipinski definition) is 15. The average Bonchev–Trinajstić information content (AvgIpc) is 1.33. The predicted molar refractivity (Wildman–Crippen MR) is 353 cm³/mol. The lowest BCUT2D eigenvalue weighted by Gasteiger charge is -2.41. The quantitative estimate of drug-likeness (QED) is 0.0321. The Hall–Kier alpha value is -7.97. The number of rotatable bonds is 38. The number of urea groups is 1. The molecule has 2 aliphatic rings. The van der Waals surface area contributed by atoms with E-state index in [0.717, 1.165) is 4.90 Å². The molecule has 12 amide bonds. The lowest BCUT2D eigenvalue weighted by atomic mass is 9.89. The topological polar surface area (TPSA) is 347 Å². The van der Waals surface area contributed by atoms with Crippen LogP contribution >= 0.6 is 0 Å². The van der Waals surface area contributed by atoms with E-state index in [-0.39, 0.29) is 86.8 Å². The summed E-state index contributed by atoms with van der Waals surface area (Å²) in [7, 11) is 6.08. The van der Waals surface area contributed by atoms with Gasteiger partial charge in [0.1, 0.15) is 30.8 Å². The maximum Gasteiger partial charge on any atom is 0.410 e. The van der Waals surface area contributed by atoms with Gasteiger partial charge in [0, 0.05) is 72.2 Å². The van der Waals surface area contributed by atoms with Gasteiger partial charge in [-0.25, -0.2) is 9.59 Å². The number of primary amides is 1. The minimum atomic E-state index is -1.11. The van der Waals surface area contributed by atoms with Crippen molar-refractivity contribution in [2.45, 2.75) is 201 Å². The molecule has 1 unspecified atom stereocenters. The van der Waals surface area contributed by atoms with Crippen LogP contribution in [0.2, 0.25) is 0 Å². The lowest BCUT2D eigenvalue weighted by molar-refractivity contribution is -0.148. The Morgan fingerprint density at radius 2 is 1.35 bits per heavy atom.